The second kappa shape index (κ2) is 6.76. The van der Waals surface area contributed by atoms with Gasteiger partial charge in [0.05, 0.1) is 0 Å². The summed E-state index contributed by atoms with van der Waals surface area (Å²) in [6.07, 6.45) is 1.19. The van der Waals surface area contributed by atoms with E-state index in [0.29, 0.717) is 29.8 Å². The summed E-state index contributed by atoms with van der Waals surface area (Å²) in [4.78, 5) is 0.222. The van der Waals surface area contributed by atoms with Crippen LogP contribution in [0.15, 0.2) is 23.1 Å². The Labute approximate surface area is 112 Å². The molecule has 0 unspecified atom stereocenters. The number of halogens is 5. The number of alkyl halides is 5. The van der Waals surface area contributed by atoms with E-state index < -0.39 is 5.51 Å². The predicted molar refractivity (Wildman–Crippen MR) is 67.0 cm³/mol. The first-order chi connectivity index (χ1) is 7.98. The molecular weight excluding hydrogens is 292 g/mol. The second-order valence-corrected chi connectivity index (χ2v) is 5.10. The van der Waals surface area contributed by atoms with E-state index >= 15 is 0 Å². The molecule has 0 aliphatic carbocycles. The fourth-order valence-electron chi connectivity index (χ4n) is 1.44. The normalized spacial score (nSPS) is 11.8. The van der Waals surface area contributed by atoms with Crippen LogP contribution in [0.1, 0.15) is 17.5 Å². The molecule has 0 atom stereocenters. The molecule has 0 aliphatic rings. The van der Waals surface area contributed by atoms with Gasteiger partial charge in [0.1, 0.15) is 0 Å². The van der Waals surface area contributed by atoms with Crippen molar-refractivity contribution in [3.63, 3.8) is 0 Å². The summed E-state index contributed by atoms with van der Waals surface area (Å²) < 4.78 is 37.4. The zero-order valence-electron chi connectivity index (χ0n) is 8.86. The number of rotatable bonds is 5. The van der Waals surface area contributed by atoms with Crippen molar-refractivity contribution < 1.29 is 13.2 Å². The van der Waals surface area contributed by atoms with Crippen molar-refractivity contribution >= 4 is 35.0 Å². The monoisotopic (exact) mass is 302 g/mol. The molecule has 0 aromatic heterocycles. The fourth-order valence-corrected chi connectivity index (χ4v) is 2.68. The fraction of sp³-hybridized carbons (Fsp3) is 0.455. The highest BCUT2D eigenvalue weighted by atomic mass is 35.5. The molecule has 0 nitrogen and oxygen atoms in total. The average molecular weight is 303 g/mol. The van der Waals surface area contributed by atoms with Gasteiger partial charge in [-0.15, -0.1) is 23.2 Å². The van der Waals surface area contributed by atoms with Crippen molar-refractivity contribution in [2.45, 2.75) is 29.1 Å². The van der Waals surface area contributed by atoms with Crippen molar-refractivity contribution in [1.82, 2.24) is 0 Å². The Morgan fingerprint density at radius 1 is 1.12 bits per heavy atom. The lowest BCUT2D eigenvalue weighted by atomic mass is 10.1. The van der Waals surface area contributed by atoms with E-state index in [1.54, 1.807) is 18.2 Å². The van der Waals surface area contributed by atoms with Gasteiger partial charge in [0.15, 0.2) is 0 Å². The number of benzene rings is 1. The Morgan fingerprint density at radius 3 is 2.29 bits per heavy atom. The molecule has 0 fully saturated rings. The first-order valence-electron chi connectivity index (χ1n) is 4.96. The van der Waals surface area contributed by atoms with Gasteiger partial charge in [0.25, 0.3) is 0 Å². The van der Waals surface area contributed by atoms with Crippen molar-refractivity contribution in [3.05, 3.63) is 29.3 Å². The summed E-state index contributed by atoms with van der Waals surface area (Å²) in [6, 6.07) is 5.03. The first-order valence-corrected chi connectivity index (χ1v) is 6.85. The molecule has 0 spiro atoms. The summed E-state index contributed by atoms with van der Waals surface area (Å²) in [5, 5.41) is 0. The maximum Gasteiger partial charge on any atom is 0.446 e. The van der Waals surface area contributed by atoms with Gasteiger partial charge in [-0.1, -0.05) is 18.2 Å². The zero-order chi connectivity index (χ0) is 12.9. The van der Waals surface area contributed by atoms with Crippen molar-refractivity contribution in [2.24, 2.45) is 0 Å². The van der Waals surface area contributed by atoms with Crippen LogP contribution in [-0.4, -0.2) is 11.4 Å². The second-order valence-electron chi connectivity index (χ2n) is 3.38. The highest BCUT2D eigenvalue weighted by molar-refractivity contribution is 8.00. The average Bonchev–Trinajstić information content (AvgIpc) is 2.25. The van der Waals surface area contributed by atoms with Gasteiger partial charge in [-0.05, 0) is 35.7 Å². The zero-order valence-corrected chi connectivity index (χ0v) is 11.2. The highest BCUT2D eigenvalue weighted by Crippen LogP contribution is 2.41. The van der Waals surface area contributed by atoms with E-state index in [-0.39, 0.29) is 22.5 Å². The van der Waals surface area contributed by atoms with E-state index in [4.69, 9.17) is 23.2 Å². The van der Waals surface area contributed by atoms with E-state index in [1.165, 1.54) is 0 Å². The molecule has 0 N–H and O–H groups in total. The van der Waals surface area contributed by atoms with Crippen LogP contribution >= 0.6 is 35.0 Å². The van der Waals surface area contributed by atoms with Crippen LogP contribution in [0, 0.1) is 0 Å². The Morgan fingerprint density at radius 2 is 1.76 bits per heavy atom. The lowest BCUT2D eigenvalue weighted by Crippen LogP contribution is -2.03. The minimum absolute atomic E-state index is 0.0765. The summed E-state index contributed by atoms with van der Waals surface area (Å²) in [7, 11) is 0. The van der Waals surface area contributed by atoms with Crippen LogP contribution in [0.25, 0.3) is 0 Å². The maximum absolute atomic E-state index is 12.5. The van der Waals surface area contributed by atoms with Crippen LogP contribution in [0.2, 0.25) is 0 Å². The van der Waals surface area contributed by atoms with E-state index in [2.05, 4.69) is 0 Å². The van der Waals surface area contributed by atoms with Gasteiger partial charge in [-0.3, -0.25) is 0 Å². The largest absolute Gasteiger partial charge is 0.446 e. The molecule has 0 saturated heterocycles. The number of hydrogen-bond acceptors (Lipinski definition) is 1. The van der Waals surface area contributed by atoms with Crippen LogP contribution in [0.4, 0.5) is 13.2 Å². The van der Waals surface area contributed by atoms with Crippen molar-refractivity contribution in [2.75, 3.05) is 5.88 Å². The number of hydrogen-bond donors (Lipinski definition) is 0. The topological polar surface area (TPSA) is 0 Å². The third kappa shape index (κ3) is 4.98. The highest BCUT2D eigenvalue weighted by Gasteiger charge is 2.31. The Bertz CT molecular complexity index is 366. The molecule has 0 saturated carbocycles. The minimum atomic E-state index is -4.29. The molecular formula is C11H11Cl2F3S. The van der Waals surface area contributed by atoms with Crippen LogP contribution in [-0.2, 0) is 12.3 Å². The maximum atomic E-state index is 12.5. The summed E-state index contributed by atoms with van der Waals surface area (Å²) in [5.41, 5.74) is -3.12. The Kier molecular flexibility index (Phi) is 5.97. The van der Waals surface area contributed by atoms with E-state index in [1.807, 2.05) is 0 Å². The summed E-state index contributed by atoms with van der Waals surface area (Å²) in [5.74, 6) is 0.508. The molecule has 0 aliphatic heterocycles. The lowest BCUT2D eigenvalue weighted by molar-refractivity contribution is -0.0328. The lowest BCUT2D eigenvalue weighted by Gasteiger charge is -2.14. The van der Waals surface area contributed by atoms with E-state index in [0.717, 1.165) is 0 Å². The van der Waals surface area contributed by atoms with Gasteiger partial charge in [-0.2, -0.15) is 13.2 Å². The third-order valence-corrected chi connectivity index (χ3v) is 3.63. The van der Waals surface area contributed by atoms with E-state index in [9.17, 15) is 13.2 Å². The number of aryl methyl sites for hydroxylation is 1. The SMILES string of the molecule is FC(F)(F)Sc1c(CCl)cccc1CCCCl. The molecule has 0 amide bonds. The quantitative estimate of drug-likeness (QED) is 0.531. The van der Waals surface area contributed by atoms with Gasteiger partial charge >= 0.3 is 5.51 Å². The van der Waals surface area contributed by atoms with Crippen molar-refractivity contribution in [1.29, 1.82) is 0 Å². The standard InChI is InChI=1S/C11H11Cl2F3S/c12-6-2-5-8-3-1-4-9(7-13)10(8)17-11(14,15)16/h1,3-4H,2,5-7H2. The molecule has 0 radical (unpaired) electrons. The van der Waals surface area contributed by atoms with Crippen LogP contribution < -0.4 is 0 Å². The van der Waals surface area contributed by atoms with Crippen molar-refractivity contribution in [3.8, 4) is 0 Å². The summed E-state index contributed by atoms with van der Waals surface area (Å²) >= 11 is 11.1. The molecule has 6 heteroatoms. The Balaban J connectivity index is 3.02. The smallest absolute Gasteiger partial charge is 0.160 e. The van der Waals surface area contributed by atoms with Gasteiger partial charge in [0, 0.05) is 16.7 Å². The minimum Gasteiger partial charge on any atom is -0.160 e. The molecule has 1 aromatic carbocycles. The molecule has 96 valence electrons. The predicted octanol–water partition coefficient (Wildman–Crippen LogP) is 5.21. The molecule has 1 aromatic rings. The van der Waals surface area contributed by atoms with Crippen LogP contribution in [0.3, 0.4) is 0 Å². The summed E-state index contributed by atoms with van der Waals surface area (Å²) in [6.45, 7) is 0. The number of thioether (sulfide) groups is 1. The molecule has 0 heterocycles. The van der Waals surface area contributed by atoms with Gasteiger partial charge in [-0.25, -0.2) is 0 Å². The first kappa shape index (κ1) is 15.0. The van der Waals surface area contributed by atoms with Gasteiger partial charge in [0.2, 0.25) is 0 Å². The third-order valence-electron chi connectivity index (χ3n) is 2.12. The molecule has 0 bridgehead atoms. The Hall–Kier alpha value is -0.0600. The molecule has 1 rings (SSSR count). The van der Waals surface area contributed by atoms with Crippen LogP contribution in [0.5, 0.6) is 0 Å². The van der Waals surface area contributed by atoms with Gasteiger partial charge < -0.3 is 0 Å². The molecule has 17 heavy (non-hydrogen) atoms.